The van der Waals surface area contributed by atoms with Gasteiger partial charge in [-0.3, -0.25) is 4.79 Å². The molecule has 0 spiro atoms. The summed E-state index contributed by atoms with van der Waals surface area (Å²) < 4.78 is 36.3. The second-order valence-electron chi connectivity index (χ2n) is 6.48. The summed E-state index contributed by atoms with van der Waals surface area (Å²) in [5, 5.41) is 2.90. The van der Waals surface area contributed by atoms with Crippen molar-refractivity contribution in [2.75, 3.05) is 20.5 Å². The summed E-state index contributed by atoms with van der Waals surface area (Å²) in [6.07, 6.45) is 1.04. The third-order valence-corrected chi connectivity index (χ3v) is 4.97. The number of ether oxygens (including phenoxy) is 2. The molecule has 0 aliphatic carbocycles. The van der Waals surface area contributed by atoms with Crippen LogP contribution in [0, 0.1) is 0 Å². The van der Waals surface area contributed by atoms with Crippen LogP contribution in [0.4, 0.5) is 0 Å². The Hall–Kier alpha value is -2.58. The molecule has 0 bridgehead atoms. The van der Waals surface area contributed by atoms with Crippen LogP contribution in [0.1, 0.15) is 36.6 Å². The third-order valence-electron chi connectivity index (χ3n) is 4.26. The van der Waals surface area contributed by atoms with Crippen molar-refractivity contribution >= 4 is 15.9 Å². The average Bonchev–Trinajstić information content (AvgIpc) is 2.66. The van der Waals surface area contributed by atoms with Crippen molar-refractivity contribution in [1.29, 1.82) is 0 Å². The molecule has 0 aliphatic rings. The minimum Gasteiger partial charge on any atom is -0.497 e. The van der Waals surface area contributed by atoms with Gasteiger partial charge in [0.2, 0.25) is 15.9 Å². The quantitative estimate of drug-likeness (QED) is 0.668. The monoisotopic (exact) mass is 406 g/mol. The summed E-state index contributed by atoms with van der Waals surface area (Å²) >= 11 is 0. The minimum atomic E-state index is -3.50. The first-order chi connectivity index (χ1) is 13.2. The summed E-state index contributed by atoms with van der Waals surface area (Å²) in [5.41, 5.74) is 1.60. The van der Waals surface area contributed by atoms with Gasteiger partial charge < -0.3 is 14.8 Å². The zero-order valence-electron chi connectivity index (χ0n) is 16.4. The van der Waals surface area contributed by atoms with E-state index in [2.05, 4.69) is 10.0 Å². The molecule has 0 aliphatic heterocycles. The van der Waals surface area contributed by atoms with Gasteiger partial charge in [0.25, 0.3) is 0 Å². The van der Waals surface area contributed by atoms with Crippen molar-refractivity contribution in [3.8, 4) is 11.5 Å². The standard InChI is InChI=1S/C20H26N2O5S/c1-14(15-5-9-17(26-2)10-6-15)21-20(23)13-19(22-28(4,24)25)16-7-11-18(27-3)12-8-16/h5-12,14,19,22H,13H2,1-4H3,(H,21,23)/t14-,19+/m1/s1. The molecule has 0 saturated heterocycles. The molecular weight excluding hydrogens is 380 g/mol. The van der Waals surface area contributed by atoms with E-state index in [1.807, 2.05) is 31.2 Å². The summed E-state index contributed by atoms with van der Waals surface area (Å²) in [5.74, 6) is 1.12. The third kappa shape index (κ3) is 6.54. The van der Waals surface area contributed by atoms with Crippen LogP contribution in [0.15, 0.2) is 48.5 Å². The van der Waals surface area contributed by atoms with E-state index in [-0.39, 0.29) is 18.4 Å². The van der Waals surface area contributed by atoms with E-state index < -0.39 is 16.1 Å². The zero-order chi connectivity index (χ0) is 20.7. The fourth-order valence-corrected chi connectivity index (χ4v) is 3.52. The highest BCUT2D eigenvalue weighted by Crippen LogP contribution is 2.22. The maximum atomic E-state index is 12.5. The molecule has 2 rings (SSSR count). The van der Waals surface area contributed by atoms with E-state index in [0.29, 0.717) is 11.3 Å². The predicted octanol–water partition coefficient (Wildman–Crippen LogP) is 2.56. The van der Waals surface area contributed by atoms with Gasteiger partial charge in [0.05, 0.1) is 32.6 Å². The molecule has 2 aromatic carbocycles. The molecule has 0 radical (unpaired) electrons. The molecule has 7 nitrogen and oxygen atoms in total. The summed E-state index contributed by atoms with van der Waals surface area (Å²) in [6, 6.07) is 13.4. The van der Waals surface area contributed by atoms with Gasteiger partial charge in [-0.1, -0.05) is 24.3 Å². The molecule has 2 N–H and O–H groups in total. The van der Waals surface area contributed by atoms with Gasteiger partial charge in [0, 0.05) is 6.42 Å². The van der Waals surface area contributed by atoms with Crippen LogP contribution < -0.4 is 19.5 Å². The van der Waals surface area contributed by atoms with Crippen LogP contribution in [0.5, 0.6) is 11.5 Å². The van der Waals surface area contributed by atoms with Crippen molar-refractivity contribution < 1.29 is 22.7 Å². The lowest BCUT2D eigenvalue weighted by molar-refractivity contribution is -0.122. The van der Waals surface area contributed by atoms with Gasteiger partial charge in [-0.2, -0.15) is 0 Å². The van der Waals surface area contributed by atoms with Gasteiger partial charge >= 0.3 is 0 Å². The number of rotatable bonds is 9. The first kappa shape index (κ1) is 21.7. The van der Waals surface area contributed by atoms with Gasteiger partial charge in [0.15, 0.2) is 0 Å². The molecule has 0 unspecified atom stereocenters. The van der Waals surface area contributed by atoms with E-state index in [1.165, 1.54) is 0 Å². The number of methoxy groups -OCH3 is 2. The fourth-order valence-electron chi connectivity index (χ4n) is 2.78. The summed E-state index contributed by atoms with van der Waals surface area (Å²) in [4.78, 5) is 12.5. The van der Waals surface area contributed by atoms with Crippen molar-refractivity contribution in [2.24, 2.45) is 0 Å². The molecule has 2 atom stereocenters. The molecule has 0 saturated carbocycles. The van der Waals surface area contributed by atoms with E-state index in [4.69, 9.17) is 9.47 Å². The van der Waals surface area contributed by atoms with E-state index in [0.717, 1.165) is 17.6 Å². The second kappa shape index (κ2) is 9.57. The Morgan fingerprint density at radius 1 is 0.929 bits per heavy atom. The molecule has 28 heavy (non-hydrogen) atoms. The Morgan fingerprint density at radius 2 is 1.39 bits per heavy atom. The van der Waals surface area contributed by atoms with E-state index in [9.17, 15) is 13.2 Å². The van der Waals surface area contributed by atoms with E-state index in [1.54, 1.807) is 38.5 Å². The lowest BCUT2D eigenvalue weighted by Crippen LogP contribution is -2.34. The lowest BCUT2D eigenvalue weighted by Gasteiger charge is -2.20. The molecule has 0 fully saturated rings. The Balaban J connectivity index is 2.09. The van der Waals surface area contributed by atoms with Gasteiger partial charge in [-0.25, -0.2) is 13.1 Å². The predicted molar refractivity (Wildman–Crippen MR) is 108 cm³/mol. The SMILES string of the molecule is COc1ccc([C@H](CC(=O)N[C@H](C)c2ccc(OC)cc2)NS(C)(=O)=O)cc1. The Labute approximate surface area is 166 Å². The molecule has 152 valence electrons. The van der Waals surface area contributed by atoms with Crippen LogP contribution in [0.2, 0.25) is 0 Å². The maximum Gasteiger partial charge on any atom is 0.222 e. The van der Waals surface area contributed by atoms with Crippen LogP contribution in [-0.2, 0) is 14.8 Å². The number of sulfonamides is 1. The minimum absolute atomic E-state index is 0.0279. The van der Waals surface area contributed by atoms with Gasteiger partial charge in [-0.05, 0) is 42.3 Å². The topological polar surface area (TPSA) is 93.7 Å². The number of carbonyl (C=O) groups excluding carboxylic acids is 1. The number of carbonyl (C=O) groups is 1. The Kier molecular flexibility index (Phi) is 7.42. The van der Waals surface area contributed by atoms with Gasteiger partial charge in [-0.15, -0.1) is 0 Å². The highest BCUT2D eigenvalue weighted by molar-refractivity contribution is 7.88. The van der Waals surface area contributed by atoms with Crippen molar-refractivity contribution in [3.05, 3.63) is 59.7 Å². The van der Waals surface area contributed by atoms with Crippen LogP contribution in [0.3, 0.4) is 0 Å². The fraction of sp³-hybridized carbons (Fsp3) is 0.350. The highest BCUT2D eigenvalue weighted by Gasteiger charge is 2.21. The molecule has 0 heterocycles. The largest absolute Gasteiger partial charge is 0.497 e. The molecular formula is C20H26N2O5S. The highest BCUT2D eigenvalue weighted by atomic mass is 32.2. The first-order valence-electron chi connectivity index (χ1n) is 8.76. The normalized spacial score (nSPS) is 13.4. The molecule has 8 heteroatoms. The van der Waals surface area contributed by atoms with Crippen molar-refractivity contribution in [2.45, 2.75) is 25.4 Å². The van der Waals surface area contributed by atoms with Crippen LogP contribution >= 0.6 is 0 Å². The lowest BCUT2D eigenvalue weighted by atomic mass is 10.0. The maximum absolute atomic E-state index is 12.5. The second-order valence-corrected chi connectivity index (χ2v) is 8.26. The summed E-state index contributed by atoms with van der Waals surface area (Å²) in [7, 11) is -0.354. The van der Waals surface area contributed by atoms with Gasteiger partial charge in [0.1, 0.15) is 11.5 Å². The number of hydrogen-bond donors (Lipinski definition) is 2. The first-order valence-corrected chi connectivity index (χ1v) is 10.7. The van der Waals surface area contributed by atoms with E-state index >= 15 is 0 Å². The smallest absolute Gasteiger partial charge is 0.222 e. The Morgan fingerprint density at radius 3 is 1.82 bits per heavy atom. The van der Waals surface area contributed by atoms with Crippen LogP contribution in [-0.4, -0.2) is 34.8 Å². The average molecular weight is 407 g/mol. The molecule has 1 amide bonds. The zero-order valence-corrected chi connectivity index (χ0v) is 17.2. The van der Waals surface area contributed by atoms with Crippen molar-refractivity contribution in [1.82, 2.24) is 10.0 Å². The Bertz CT molecular complexity index is 880. The number of amides is 1. The number of hydrogen-bond acceptors (Lipinski definition) is 5. The van der Waals surface area contributed by atoms with Crippen molar-refractivity contribution in [3.63, 3.8) is 0 Å². The summed E-state index contributed by atoms with van der Waals surface area (Å²) in [6.45, 7) is 1.87. The van der Waals surface area contributed by atoms with Crippen LogP contribution in [0.25, 0.3) is 0 Å². The number of benzene rings is 2. The molecule has 0 aromatic heterocycles. The molecule has 2 aromatic rings. The number of nitrogens with one attached hydrogen (secondary N) is 2.